The third kappa shape index (κ3) is 3.51. The van der Waals surface area contributed by atoms with Crippen LogP contribution in [-0.4, -0.2) is 36.3 Å². The third-order valence-electron chi connectivity index (χ3n) is 6.31. The zero-order chi connectivity index (χ0) is 19.6. The maximum Gasteiger partial charge on any atom is 0.143 e. The molecule has 2 aromatic carbocycles. The van der Waals surface area contributed by atoms with E-state index in [-0.39, 0.29) is 0 Å². The quantitative estimate of drug-likeness (QED) is 0.666. The Balaban J connectivity index is 1.81. The van der Waals surface area contributed by atoms with E-state index in [0.717, 1.165) is 38.6 Å². The number of aromatic amines is 1. The predicted molar refractivity (Wildman–Crippen MR) is 116 cm³/mol. The molecule has 1 N–H and O–H groups in total. The molecule has 0 spiro atoms. The second-order valence-electron chi connectivity index (χ2n) is 8.44. The molecule has 0 aliphatic heterocycles. The van der Waals surface area contributed by atoms with Crippen LogP contribution in [0.3, 0.4) is 0 Å². The number of carbonyl (C=O) groups excluding carboxylic acids is 1. The van der Waals surface area contributed by atoms with Gasteiger partial charge in [0.15, 0.2) is 0 Å². The van der Waals surface area contributed by atoms with Gasteiger partial charge in [0.25, 0.3) is 0 Å². The highest BCUT2D eigenvalue weighted by Gasteiger charge is 2.42. The minimum atomic E-state index is -0.392. The molecule has 1 saturated carbocycles. The molecule has 3 heteroatoms. The number of aromatic nitrogens is 1. The second-order valence-corrected chi connectivity index (χ2v) is 8.44. The number of benzene rings is 2. The monoisotopic (exact) mass is 374 g/mol. The summed E-state index contributed by atoms with van der Waals surface area (Å²) in [7, 11) is 4.22. The summed E-state index contributed by atoms with van der Waals surface area (Å²) in [6.45, 7) is 0.992. The normalized spacial score (nSPS) is 20.2. The van der Waals surface area contributed by atoms with Gasteiger partial charge in [-0.2, -0.15) is 0 Å². The van der Waals surface area contributed by atoms with Crippen molar-refractivity contribution in [2.45, 2.75) is 43.9 Å². The van der Waals surface area contributed by atoms with Crippen molar-refractivity contribution in [3.63, 3.8) is 0 Å². The largest absolute Gasteiger partial charge is 0.358 e. The van der Waals surface area contributed by atoms with Gasteiger partial charge in [0.1, 0.15) is 5.78 Å². The lowest BCUT2D eigenvalue weighted by Gasteiger charge is -2.37. The van der Waals surface area contributed by atoms with Crippen LogP contribution < -0.4 is 0 Å². The first kappa shape index (κ1) is 18.9. The fraction of sp³-hybridized carbons (Fsp3) is 0.400. The first-order valence-electron chi connectivity index (χ1n) is 10.4. The Labute approximate surface area is 167 Å². The van der Waals surface area contributed by atoms with Gasteiger partial charge in [0.2, 0.25) is 0 Å². The van der Waals surface area contributed by atoms with Crippen LogP contribution in [0.1, 0.15) is 42.5 Å². The average molecular weight is 375 g/mol. The lowest BCUT2D eigenvalue weighted by atomic mass is 9.65. The maximum atomic E-state index is 13.3. The molecule has 0 saturated heterocycles. The SMILES string of the molecule is CN(C)CCc1[nH]c2ccccc2c1C[C@@]1(c2ccccc2)CCCCC1=O. The minimum Gasteiger partial charge on any atom is -0.358 e. The number of nitrogens with one attached hydrogen (secondary N) is 1. The maximum absolute atomic E-state index is 13.3. The van der Waals surface area contributed by atoms with Gasteiger partial charge in [-0.1, -0.05) is 55.0 Å². The molecule has 0 radical (unpaired) electrons. The van der Waals surface area contributed by atoms with E-state index in [1.807, 2.05) is 6.07 Å². The number of fused-ring (bicyclic) bond motifs is 1. The van der Waals surface area contributed by atoms with Crippen LogP contribution in [-0.2, 0) is 23.1 Å². The van der Waals surface area contributed by atoms with Crippen molar-refractivity contribution in [1.29, 1.82) is 0 Å². The summed E-state index contributed by atoms with van der Waals surface area (Å²) in [5, 5.41) is 1.27. The fourth-order valence-corrected chi connectivity index (χ4v) is 4.75. The molecule has 146 valence electrons. The zero-order valence-electron chi connectivity index (χ0n) is 17.0. The molecule has 1 heterocycles. The van der Waals surface area contributed by atoms with Crippen LogP contribution in [0.2, 0.25) is 0 Å². The molecule has 0 unspecified atom stereocenters. The highest BCUT2D eigenvalue weighted by Crippen LogP contribution is 2.41. The number of H-pyrrole nitrogens is 1. The number of hydrogen-bond acceptors (Lipinski definition) is 2. The smallest absolute Gasteiger partial charge is 0.143 e. The van der Waals surface area contributed by atoms with E-state index >= 15 is 0 Å². The molecule has 28 heavy (non-hydrogen) atoms. The van der Waals surface area contributed by atoms with Gasteiger partial charge in [-0.25, -0.2) is 0 Å². The van der Waals surface area contributed by atoms with Gasteiger partial charge in [-0.05, 0) is 50.6 Å². The molecule has 1 aliphatic carbocycles. The number of Topliss-reactive ketones (excluding diaryl/α,β-unsaturated/α-hetero) is 1. The summed E-state index contributed by atoms with van der Waals surface area (Å²) < 4.78 is 0. The van der Waals surface area contributed by atoms with Crippen molar-refractivity contribution in [2.75, 3.05) is 20.6 Å². The predicted octanol–water partition coefficient (Wildman–Crippen LogP) is 4.90. The molecule has 3 nitrogen and oxygen atoms in total. The highest BCUT2D eigenvalue weighted by molar-refractivity contribution is 5.93. The van der Waals surface area contributed by atoms with Crippen molar-refractivity contribution in [3.8, 4) is 0 Å². The van der Waals surface area contributed by atoms with E-state index in [9.17, 15) is 4.79 Å². The standard InChI is InChI=1S/C25H30N2O/c1-27(2)17-15-23-21(20-12-6-7-13-22(20)26-23)18-25(16-9-8-14-24(25)28)19-10-4-3-5-11-19/h3-7,10-13,26H,8-9,14-18H2,1-2H3/t25-/m1/s1. The first-order chi connectivity index (χ1) is 13.6. The van der Waals surface area contributed by atoms with E-state index in [2.05, 4.69) is 72.5 Å². The van der Waals surface area contributed by atoms with Gasteiger partial charge in [0.05, 0.1) is 5.41 Å². The molecular weight excluding hydrogens is 344 g/mol. The molecule has 3 aromatic rings. The summed E-state index contributed by atoms with van der Waals surface area (Å²) in [4.78, 5) is 19.2. The first-order valence-corrected chi connectivity index (χ1v) is 10.4. The minimum absolute atomic E-state index is 0.392. The zero-order valence-corrected chi connectivity index (χ0v) is 17.0. The van der Waals surface area contributed by atoms with Gasteiger partial charge in [0, 0.05) is 36.0 Å². The lowest BCUT2D eigenvalue weighted by Crippen LogP contribution is -2.41. The molecule has 0 amide bonds. The Morgan fingerprint density at radius 3 is 2.50 bits per heavy atom. The Kier molecular flexibility index (Phi) is 5.36. The summed E-state index contributed by atoms with van der Waals surface area (Å²) in [6, 6.07) is 19.0. The summed E-state index contributed by atoms with van der Waals surface area (Å²) in [5.41, 5.74) is 4.58. The number of para-hydroxylation sites is 1. The summed E-state index contributed by atoms with van der Waals surface area (Å²) in [6.07, 6.45) is 5.55. The van der Waals surface area contributed by atoms with Gasteiger partial charge in [-0.15, -0.1) is 0 Å². The van der Waals surface area contributed by atoms with Crippen LogP contribution in [0.15, 0.2) is 54.6 Å². The second kappa shape index (κ2) is 7.92. The average Bonchev–Trinajstić information content (AvgIpc) is 3.06. The van der Waals surface area contributed by atoms with E-state index in [1.165, 1.54) is 27.7 Å². The van der Waals surface area contributed by atoms with Crippen molar-refractivity contribution < 1.29 is 4.79 Å². The van der Waals surface area contributed by atoms with Gasteiger partial charge < -0.3 is 9.88 Å². The lowest BCUT2D eigenvalue weighted by molar-refractivity contribution is -0.126. The highest BCUT2D eigenvalue weighted by atomic mass is 16.1. The molecule has 4 rings (SSSR count). The van der Waals surface area contributed by atoms with Crippen molar-refractivity contribution >= 4 is 16.7 Å². The molecule has 1 aliphatic rings. The Morgan fingerprint density at radius 1 is 1.00 bits per heavy atom. The van der Waals surface area contributed by atoms with Crippen molar-refractivity contribution in [3.05, 3.63) is 71.4 Å². The number of hydrogen-bond donors (Lipinski definition) is 1. The molecule has 1 aromatic heterocycles. The number of nitrogens with zero attached hydrogens (tertiary/aromatic N) is 1. The summed E-state index contributed by atoms with van der Waals surface area (Å²) in [5.74, 6) is 0.411. The van der Waals surface area contributed by atoms with Crippen LogP contribution in [0, 0.1) is 0 Å². The summed E-state index contributed by atoms with van der Waals surface area (Å²) >= 11 is 0. The Morgan fingerprint density at radius 2 is 1.75 bits per heavy atom. The van der Waals surface area contributed by atoms with Gasteiger partial charge >= 0.3 is 0 Å². The van der Waals surface area contributed by atoms with E-state index < -0.39 is 5.41 Å². The van der Waals surface area contributed by atoms with Crippen LogP contribution in [0.4, 0.5) is 0 Å². The van der Waals surface area contributed by atoms with Crippen LogP contribution in [0.25, 0.3) is 10.9 Å². The fourth-order valence-electron chi connectivity index (χ4n) is 4.75. The molecule has 0 bridgehead atoms. The van der Waals surface area contributed by atoms with Crippen molar-refractivity contribution in [2.24, 2.45) is 0 Å². The number of ketones is 1. The molecule has 1 fully saturated rings. The topological polar surface area (TPSA) is 36.1 Å². The van der Waals surface area contributed by atoms with Gasteiger partial charge in [-0.3, -0.25) is 4.79 Å². The molecular formula is C25H30N2O. The van der Waals surface area contributed by atoms with E-state index in [1.54, 1.807) is 0 Å². The number of rotatable bonds is 6. The van der Waals surface area contributed by atoms with E-state index in [4.69, 9.17) is 0 Å². The van der Waals surface area contributed by atoms with Crippen LogP contribution >= 0.6 is 0 Å². The Hall–Kier alpha value is -2.39. The third-order valence-corrected chi connectivity index (χ3v) is 6.31. The van der Waals surface area contributed by atoms with Crippen LogP contribution in [0.5, 0.6) is 0 Å². The number of carbonyl (C=O) groups is 1. The molecule has 1 atom stereocenters. The number of likely N-dealkylation sites (N-methyl/N-ethyl adjacent to an activating group) is 1. The van der Waals surface area contributed by atoms with Crippen molar-refractivity contribution in [1.82, 2.24) is 9.88 Å². The van der Waals surface area contributed by atoms with E-state index in [0.29, 0.717) is 12.2 Å². The Bertz CT molecular complexity index is 957.